The lowest BCUT2D eigenvalue weighted by Crippen LogP contribution is -2.62. The number of benzene rings is 2. The summed E-state index contributed by atoms with van der Waals surface area (Å²) in [6, 6.07) is 17.1. The summed E-state index contributed by atoms with van der Waals surface area (Å²) in [5.41, 5.74) is 1.07. The topological polar surface area (TPSA) is 92.5 Å². The fourth-order valence-electron chi connectivity index (χ4n) is 4.05. The average molecular weight is 422 g/mol. The van der Waals surface area contributed by atoms with Gasteiger partial charge in [-0.05, 0) is 31.0 Å². The molecule has 0 spiro atoms. The Bertz CT molecular complexity index is 1020. The first-order chi connectivity index (χ1) is 15.0. The van der Waals surface area contributed by atoms with Gasteiger partial charge < -0.3 is 20.1 Å². The van der Waals surface area contributed by atoms with E-state index in [9.17, 15) is 9.90 Å². The average Bonchev–Trinajstić information content (AvgIpc) is 3.21. The third-order valence-electron chi connectivity index (χ3n) is 5.75. The lowest BCUT2D eigenvalue weighted by atomic mass is 9.78. The normalized spacial score (nSPS) is 21.0. The molecule has 1 amide bonds. The van der Waals surface area contributed by atoms with Crippen LogP contribution in [0.3, 0.4) is 0 Å². The predicted octanol–water partition coefficient (Wildman–Crippen LogP) is 1.79. The zero-order chi connectivity index (χ0) is 21.8. The maximum Gasteiger partial charge on any atom is 0.258 e. The van der Waals surface area contributed by atoms with Gasteiger partial charge in [0.1, 0.15) is 12.1 Å². The van der Waals surface area contributed by atoms with Gasteiger partial charge in [-0.2, -0.15) is 10.1 Å². The number of aliphatic hydroxyl groups excluding tert-OH is 1. The number of rotatable bonds is 6. The standard InChI is InChI=1S/C23H27N5O3/c1-17-8-10-19(11-9-17)31-15-21(30)26-23(18-6-4-3-5-7-18)12-13-28(14-20(23)29)22-24-16-25-27(22)2/h3-11,16,20,29H,12-15H2,1-2H3,(H,26,30)/t20-,23-/m1/s1. The number of piperidine rings is 1. The van der Waals surface area contributed by atoms with Crippen molar-refractivity contribution >= 4 is 11.9 Å². The van der Waals surface area contributed by atoms with E-state index in [2.05, 4.69) is 15.4 Å². The summed E-state index contributed by atoms with van der Waals surface area (Å²) >= 11 is 0. The highest BCUT2D eigenvalue weighted by molar-refractivity contribution is 5.79. The largest absolute Gasteiger partial charge is 0.484 e. The Hall–Kier alpha value is -3.39. The third-order valence-corrected chi connectivity index (χ3v) is 5.75. The molecule has 8 heteroatoms. The maximum atomic E-state index is 12.9. The van der Waals surface area contributed by atoms with Crippen LogP contribution in [0.15, 0.2) is 60.9 Å². The molecule has 2 aromatic carbocycles. The van der Waals surface area contributed by atoms with E-state index >= 15 is 0 Å². The van der Waals surface area contributed by atoms with Gasteiger partial charge in [0.2, 0.25) is 5.95 Å². The maximum absolute atomic E-state index is 12.9. The Morgan fingerprint density at radius 1 is 1.23 bits per heavy atom. The summed E-state index contributed by atoms with van der Waals surface area (Å²) in [4.78, 5) is 19.1. The van der Waals surface area contributed by atoms with Gasteiger partial charge in [-0.1, -0.05) is 48.0 Å². The van der Waals surface area contributed by atoms with Crippen LogP contribution in [0.4, 0.5) is 5.95 Å². The van der Waals surface area contributed by atoms with E-state index in [-0.39, 0.29) is 12.5 Å². The van der Waals surface area contributed by atoms with Crippen LogP contribution < -0.4 is 15.0 Å². The number of ether oxygens (including phenoxy) is 1. The van der Waals surface area contributed by atoms with Crippen molar-refractivity contribution in [1.82, 2.24) is 20.1 Å². The summed E-state index contributed by atoms with van der Waals surface area (Å²) in [7, 11) is 1.82. The van der Waals surface area contributed by atoms with Crippen LogP contribution in [-0.2, 0) is 17.4 Å². The molecule has 2 heterocycles. The number of nitrogens with zero attached hydrogens (tertiary/aromatic N) is 4. The lowest BCUT2D eigenvalue weighted by molar-refractivity contribution is -0.127. The van der Waals surface area contributed by atoms with Crippen LogP contribution in [0, 0.1) is 6.92 Å². The molecule has 31 heavy (non-hydrogen) atoms. The molecule has 2 N–H and O–H groups in total. The van der Waals surface area contributed by atoms with Crippen molar-refractivity contribution < 1.29 is 14.6 Å². The molecule has 3 aromatic rings. The molecule has 0 radical (unpaired) electrons. The molecule has 2 atom stereocenters. The minimum Gasteiger partial charge on any atom is -0.484 e. The molecule has 4 rings (SSSR count). The summed E-state index contributed by atoms with van der Waals surface area (Å²) in [6.07, 6.45) is 1.16. The van der Waals surface area contributed by atoms with E-state index in [0.29, 0.717) is 31.2 Å². The number of hydrogen-bond acceptors (Lipinski definition) is 6. The molecule has 1 saturated heterocycles. The van der Waals surface area contributed by atoms with E-state index in [0.717, 1.165) is 11.1 Å². The second-order valence-corrected chi connectivity index (χ2v) is 7.88. The van der Waals surface area contributed by atoms with Crippen LogP contribution >= 0.6 is 0 Å². The third kappa shape index (κ3) is 4.39. The molecule has 0 aliphatic carbocycles. The van der Waals surface area contributed by atoms with Gasteiger partial charge in [-0.15, -0.1) is 0 Å². The lowest BCUT2D eigenvalue weighted by Gasteiger charge is -2.46. The van der Waals surface area contributed by atoms with E-state index in [1.165, 1.54) is 6.33 Å². The second kappa shape index (κ2) is 8.77. The van der Waals surface area contributed by atoms with Gasteiger partial charge in [0.05, 0.1) is 11.6 Å². The summed E-state index contributed by atoms with van der Waals surface area (Å²) in [5.74, 6) is 1.04. The highest BCUT2D eigenvalue weighted by atomic mass is 16.5. The van der Waals surface area contributed by atoms with Gasteiger partial charge in [0.25, 0.3) is 5.91 Å². The van der Waals surface area contributed by atoms with Crippen molar-refractivity contribution in [3.63, 3.8) is 0 Å². The Morgan fingerprint density at radius 2 is 1.97 bits per heavy atom. The minimum atomic E-state index is -0.913. The number of hydrogen-bond donors (Lipinski definition) is 2. The van der Waals surface area contributed by atoms with Crippen molar-refractivity contribution in [1.29, 1.82) is 0 Å². The second-order valence-electron chi connectivity index (χ2n) is 7.88. The molecular formula is C23H27N5O3. The fraction of sp³-hybridized carbons (Fsp3) is 0.348. The van der Waals surface area contributed by atoms with Crippen LogP contribution in [0.5, 0.6) is 5.75 Å². The Morgan fingerprint density at radius 3 is 2.61 bits per heavy atom. The fourth-order valence-corrected chi connectivity index (χ4v) is 4.05. The van der Waals surface area contributed by atoms with Crippen molar-refractivity contribution in [3.05, 3.63) is 72.1 Å². The number of aryl methyl sites for hydroxylation is 2. The number of β-amino-alcohol motifs (C(OH)–C–C–N with tert-alkyl or cyclic N) is 1. The van der Waals surface area contributed by atoms with Gasteiger partial charge in [0.15, 0.2) is 6.61 Å². The van der Waals surface area contributed by atoms with Crippen LogP contribution in [0.1, 0.15) is 17.5 Å². The molecule has 1 aliphatic heterocycles. The zero-order valence-corrected chi connectivity index (χ0v) is 17.7. The summed E-state index contributed by atoms with van der Waals surface area (Å²) < 4.78 is 7.33. The number of aromatic nitrogens is 3. The van der Waals surface area contributed by atoms with E-state index in [1.54, 1.807) is 4.68 Å². The van der Waals surface area contributed by atoms with Crippen LogP contribution in [0.25, 0.3) is 0 Å². The minimum absolute atomic E-state index is 0.128. The van der Waals surface area contributed by atoms with E-state index in [4.69, 9.17) is 4.74 Å². The first-order valence-electron chi connectivity index (χ1n) is 10.3. The Labute approximate surface area is 181 Å². The monoisotopic (exact) mass is 421 g/mol. The summed E-state index contributed by atoms with van der Waals surface area (Å²) in [6.45, 7) is 2.80. The number of anilines is 1. The number of nitrogens with one attached hydrogen (secondary N) is 1. The van der Waals surface area contributed by atoms with E-state index in [1.807, 2.05) is 73.5 Å². The van der Waals surface area contributed by atoms with Crippen molar-refractivity contribution in [2.45, 2.75) is 25.0 Å². The smallest absolute Gasteiger partial charge is 0.258 e. The van der Waals surface area contributed by atoms with E-state index < -0.39 is 11.6 Å². The Balaban J connectivity index is 1.51. The first-order valence-corrected chi connectivity index (χ1v) is 10.3. The number of aliphatic hydroxyl groups is 1. The van der Waals surface area contributed by atoms with Crippen molar-refractivity contribution in [2.75, 3.05) is 24.6 Å². The SMILES string of the molecule is Cc1ccc(OCC(=O)N[C@@]2(c3ccccc3)CCN(c3ncnn3C)C[C@H]2O)cc1. The number of carbonyl (C=O) groups excluding carboxylic acids is 1. The van der Waals surface area contributed by atoms with Gasteiger partial charge in [0, 0.05) is 20.1 Å². The summed E-state index contributed by atoms with van der Waals surface area (Å²) in [5, 5.41) is 18.4. The van der Waals surface area contributed by atoms with Crippen LogP contribution in [0.2, 0.25) is 0 Å². The zero-order valence-electron chi connectivity index (χ0n) is 17.7. The van der Waals surface area contributed by atoms with Gasteiger partial charge in [-0.3, -0.25) is 4.79 Å². The van der Waals surface area contributed by atoms with Gasteiger partial charge in [-0.25, -0.2) is 4.68 Å². The van der Waals surface area contributed by atoms with Crippen LogP contribution in [-0.4, -0.2) is 51.6 Å². The predicted molar refractivity (Wildman–Crippen MR) is 117 cm³/mol. The molecule has 1 fully saturated rings. The van der Waals surface area contributed by atoms with Gasteiger partial charge >= 0.3 is 0 Å². The highest BCUT2D eigenvalue weighted by Gasteiger charge is 2.45. The first kappa shape index (κ1) is 20.9. The molecule has 162 valence electrons. The highest BCUT2D eigenvalue weighted by Crippen LogP contribution is 2.34. The van der Waals surface area contributed by atoms with Crippen molar-refractivity contribution in [2.24, 2.45) is 7.05 Å². The molecule has 0 bridgehead atoms. The quantitative estimate of drug-likeness (QED) is 0.630. The molecule has 0 saturated carbocycles. The molecule has 1 aromatic heterocycles. The van der Waals surface area contributed by atoms with Crippen molar-refractivity contribution in [3.8, 4) is 5.75 Å². The Kier molecular flexibility index (Phi) is 5.90. The molecule has 0 unspecified atom stereocenters. The molecule has 1 aliphatic rings. The molecule has 8 nitrogen and oxygen atoms in total. The number of amides is 1. The molecular weight excluding hydrogens is 394 g/mol. The number of carbonyl (C=O) groups is 1.